The van der Waals surface area contributed by atoms with E-state index in [1.54, 1.807) is 6.07 Å². The summed E-state index contributed by atoms with van der Waals surface area (Å²) in [5, 5.41) is 1.29. The minimum Gasteiger partial charge on any atom is -0.271 e. The SMILES string of the molecule is CCC(NN)c1ccc(Cl)cc1Cl. The number of benzene rings is 1. The average Bonchev–Trinajstić information content (AvgIpc) is 2.10. The third-order valence-corrected chi connectivity index (χ3v) is 2.51. The van der Waals surface area contributed by atoms with Crippen LogP contribution in [0.15, 0.2) is 18.2 Å². The second-order valence-corrected chi connectivity index (χ2v) is 3.64. The molecule has 3 N–H and O–H groups in total. The summed E-state index contributed by atoms with van der Waals surface area (Å²) in [5.74, 6) is 5.38. The van der Waals surface area contributed by atoms with Gasteiger partial charge in [-0.3, -0.25) is 11.3 Å². The van der Waals surface area contributed by atoms with Crippen molar-refractivity contribution in [3.8, 4) is 0 Å². The van der Waals surface area contributed by atoms with Gasteiger partial charge < -0.3 is 0 Å². The fourth-order valence-electron chi connectivity index (χ4n) is 1.21. The average molecular weight is 219 g/mol. The van der Waals surface area contributed by atoms with Crippen LogP contribution in [0.2, 0.25) is 10.0 Å². The van der Waals surface area contributed by atoms with Gasteiger partial charge in [-0.05, 0) is 24.1 Å². The number of hydrogen-bond donors (Lipinski definition) is 2. The molecule has 1 rings (SSSR count). The molecule has 2 nitrogen and oxygen atoms in total. The van der Waals surface area contributed by atoms with Crippen LogP contribution in [0.5, 0.6) is 0 Å². The van der Waals surface area contributed by atoms with E-state index in [1.807, 2.05) is 19.1 Å². The largest absolute Gasteiger partial charge is 0.271 e. The summed E-state index contributed by atoms with van der Waals surface area (Å²) in [7, 11) is 0. The van der Waals surface area contributed by atoms with Crippen molar-refractivity contribution in [2.75, 3.05) is 0 Å². The van der Waals surface area contributed by atoms with Gasteiger partial charge in [0.2, 0.25) is 0 Å². The fraction of sp³-hybridized carbons (Fsp3) is 0.333. The lowest BCUT2D eigenvalue weighted by Crippen LogP contribution is -2.27. The van der Waals surface area contributed by atoms with Crippen molar-refractivity contribution in [2.24, 2.45) is 5.84 Å². The molecule has 0 saturated carbocycles. The van der Waals surface area contributed by atoms with Gasteiger partial charge in [0.15, 0.2) is 0 Å². The van der Waals surface area contributed by atoms with E-state index in [9.17, 15) is 0 Å². The highest BCUT2D eigenvalue weighted by Crippen LogP contribution is 2.27. The van der Waals surface area contributed by atoms with Gasteiger partial charge in [-0.1, -0.05) is 36.2 Å². The van der Waals surface area contributed by atoms with E-state index in [0.717, 1.165) is 12.0 Å². The summed E-state index contributed by atoms with van der Waals surface area (Å²) >= 11 is 11.8. The second-order valence-electron chi connectivity index (χ2n) is 2.79. The summed E-state index contributed by atoms with van der Waals surface area (Å²) in [6, 6.07) is 5.50. The Kier molecular flexibility index (Phi) is 4.00. The highest BCUT2D eigenvalue weighted by atomic mass is 35.5. The van der Waals surface area contributed by atoms with Crippen LogP contribution in [-0.4, -0.2) is 0 Å². The molecule has 1 unspecified atom stereocenters. The zero-order chi connectivity index (χ0) is 9.84. The first kappa shape index (κ1) is 10.8. The molecule has 0 spiro atoms. The normalized spacial score (nSPS) is 12.9. The summed E-state index contributed by atoms with van der Waals surface area (Å²) in [6.07, 6.45) is 0.887. The molecule has 0 amide bonds. The smallest absolute Gasteiger partial charge is 0.0472 e. The first-order valence-corrected chi connectivity index (χ1v) is 4.85. The summed E-state index contributed by atoms with van der Waals surface area (Å²) in [4.78, 5) is 0. The van der Waals surface area contributed by atoms with Gasteiger partial charge in [-0.15, -0.1) is 0 Å². The second kappa shape index (κ2) is 4.82. The monoisotopic (exact) mass is 218 g/mol. The van der Waals surface area contributed by atoms with Gasteiger partial charge in [0, 0.05) is 16.1 Å². The molecular weight excluding hydrogens is 207 g/mol. The molecule has 72 valence electrons. The number of nitrogens with two attached hydrogens (primary N) is 1. The van der Waals surface area contributed by atoms with Crippen molar-refractivity contribution in [1.29, 1.82) is 0 Å². The van der Waals surface area contributed by atoms with Gasteiger partial charge in [0.05, 0.1) is 0 Å². The number of hydrogen-bond acceptors (Lipinski definition) is 2. The van der Waals surface area contributed by atoms with Gasteiger partial charge in [-0.2, -0.15) is 0 Å². The molecule has 4 heteroatoms. The van der Waals surface area contributed by atoms with Crippen LogP contribution in [0.4, 0.5) is 0 Å². The van der Waals surface area contributed by atoms with Crippen molar-refractivity contribution in [1.82, 2.24) is 5.43 Å². The Labute approximate surface area is 88.0 Å². The maximum absolute atomic E-state index is 6.00. The maximum Gasteiger partial charge on any atom is 0.0472 e. The van der Waals surface area contributed by atoms with Crippen LogP contribution < -0.4 is 11.3 Å². The molecule has 0 radical (unpaired) electrons. The minimum atomic E-state index is 0.0877. The number of rotatable bonds is 3. The lowest BCUT2D eigenvalue weighted by Gasteiger charge is -2.15. The molecule has 0 saturated heterocycles. The van der Waals surface area contributed by atoms with Gasteiger partial charge >= 0.3 is 0 Å². The van der Waals surface area contributed by atoms with E-state index in [-0.39, 0.29) is 6.04 Å². The third kappa shape index (κ3) is 2.58. The molecule has 1 atom stereocenters. The predicted molar refractivity (Wildman–Crippen MR) is 56.8 cm³/mol. The third-order valence-electron chi connectivity index (χ3n) is 1.95. The lowest BCUT2D eigenvalue weighted by atomic mass is 10.1. The van der Waals surface area contributed by atoms with E-state index < -0.39 is 0 Å². The summed E-state index contributed by atoms with van der Waals surface area (Å²) < 4.78 is 0. The van der Waals surface area contributed by atoms with E-state index >= 15 is 0 Å². The fourth-order valence-corrected chi connectivity index (χ4v) is 1.75. The molecule has 0 aromatic heterocycles. The first-order valence-electron chi connectivity index (χ1n) is 4.10. The van der Waals surface area contributed by atoms with E-state index in [1.165, 1.54) is 0 Å². The molecule has 13 heavy (non-hydrogen) atoms. The minimum absolute atomic E-state index is 0.0877. The Morgan fingerprint density at radius 2 is 2.15 bits per heavy atom. The molecule has 0 bridgehead atoms. The highest BCUT2D eigenvalue weighted by Gasteiger charge is 2.10. The predicted octanol–water partition coefficient (Wildman–Crippen LogP) is 2.91. The van der Waals surface area contributed by atoms with Crippen LogP contribution in [0, 0.1) is 0 Å². The van der Waals surface area contributed by atoms with Crippen molar-refractivity contribution < 1.29 is 0 Å². The van der Waals surface area contributed by atoms with Crippen LogP contribution in [-0.2, 0) is 0 Å². The quantitative estimate of drug-likeness (QED) is 0.605. The molecule has 0 heterocycles. The molecule has 1 aromatic carbocycles. The number of nitrogens with one attached hydrogen (secondary N) is 1. The zero-order valence-corrected chi connectivity index (χ0v) is 8.86. The summed E-state index contributed by atoms with van der Waals surface area (Å²) in [6.45, 7) is 2.04. The van der Waals surface area contributed by atoms with E-state index in [2.05, 4.69) is 5.43 Å². The summed E-state index contributed by atoms with van der Waals surface area (Å²) in [5.41, 5.74) is 3.68. The standard InChI is InChI=1S/C9H12Cl2N2/c1-2-9(13-12)7-4-3-6(10)5-8(7)11/h3-5,9,13H,2,12H2,1H3. The van der Waals surface area contributed by atoms with E-state index in [4.69, 9.17) is 29.0 Å². The molecule has 0 aliphatic rings. The topological polar surface area (TPSA) is 38.0 Å². The van der Waals surface area contributed by atoms with Crippen molar-refractivity contribution in [3.05, 3.63) is 33.8 Å². The van der Waals surface area contributed by atoms with Crippen molar-refractivity contribution >= 4 is 23.2 Å². The van der Waals surface area contributed by atoms with E-state index in [0.29, 0.717) is 10.0 Å². The first-order chi connectivity index (χ1) is 6.19. The molecule has 0 aliphatic heterocycles. The Bertz CT molecular complexity index is 285. The van der Waals surface area contributed by atoms with Gasteiger partial charge in [-0.25, -0.2) is 0 Å². The Balaban J connectivity index is 2.99. The van der Waals surface area contributed by atoms with Crippen molar-refractivity contribution in [3.63, 3.8) is 0 Å². The van der Waals surface area contributed by atoms with Gasteiger partial charge in [0.1, 0.15) is 0 Å². The number of hydrazine groups is 1. The van der Waals surface area contributed by atoms with Crippen molar-refractivity contribution in [2.45, 2.75) is 19.4 Å². The molecule has 0 fully saturated rings. The zero-order valence-electron chi connectivity index (χ0n) is 7.35. The van der Waals surface area contributed by atoms with Crippen LogP contribution in [0.25, 0.3) is 0 Å². The lowest BCUT2D eigenvalue weighted by molar-refractivity contribution is 0.539. The highest BCUT2D eigenvalue weighted by molar-refractivity contribution is 6.35. The van der Waals surface area contributed by atoms with Gasteiger partial charge in [0.25, 0.3) is 0 Å². The molecule has 0 aliphatic carbocycles. The Hall–Kier alpha value is -0.280. The van der Waals surface area contributed by atoms with Crippen LogP contribution in [0.3, 0.4) is 0 Å². The molecule has 1 aromatic rings. The van der Waals surface area contributed by atoms with Crippen LogP contribution in [0.1, 0.15) is 24.9 Å². The molecular formula is C9H12Cl2N2. The number of halogens is 2. The maximum atomic E-state index is 6.00. The van der Waals surface area contributed by atoms with Crippen LogP contribution >= 0.6 is 23.2 Å². The Morgan fingerprint density at radius 1 is 1.46 bits per heavy atom. The Morgan fingerprint density at radius 3 is 2.62 bits per heavy atom.